The van der Waals surface area contributed by atoms with Crippen LogP contribution in [0.15, 0.2) is 24.3 Å². The Morgan fingerprint density at radius 2 is 1.90 bits per heavy atom. The van der Waals surface area contributed by atoms with Gasteiger partial charge in [0.1, 0.15) is 12.1 Å². The minimum absolute atomic E-state index is 0.0166. The Balaban J connectivity index is 1.70. The largest absolute Gasteiger partial charge is 0.347 e. The summed E-state index contributed by atoms with van der Waals surface area (Å²) in [6, 6.07) is 6.65. The molecular weight excluding hydrogens is 412 g/mol. The smallest absolute Gasteiger partial charge is 0.246 e. The lowest BCUT2D eigenvalue weighted by atomic mass is 9.87. The highest BCUT2D eigenvalue weighted by molar-refractivity contribution is 7.99. The molecule has 0 radical (unpaired) electrons. The number of nitrogens with zero attached hydrogens (tertiary/aromatic N) is 1. The molecule has 1 saturated heterocycles. The van der Waals surface area contributed by atoms with Gasteiger partial charge in [0, 0.05) is 5.75 Å². The summed E-state index contributed by atoms with van der Waals surface area (Å²) in [7, 11) is 1.71. The molecule has 0 spiro atoms. The number of nitrogens with one attached hydrogen (secondary N) is 3. The minimum atomic E-state index is -0.660. The van der Waals surface area contributed by atoms with Crippen LogP contribution in [0.1, 0.15) is 50.8 Å². The molecule has 1 heterocycles. The predicted octanol–water partition coefficient (Wildman–Crippen LogP) is 1.83. The molecule has 8 heteroatoms. The van der Waals surface area contributed by atoms with Gasteiger partial charge in [0.05, 0.1) is 18.0 Å². The maximum atomic E-state index is 13.3. The van der Waals surface area contributed by atoms with Gasteiger partial charge in [-0.2, -0.15) is 0 Å². The van der Waals surface area contributed by atoms with Crippen LogP contribution in [0.3, 0.4) is 0 Å². The molecule has 170 valence electrons. The van der Waals surface area contributed by atoms with Gasteiger partial charge in [-0.3, -0.25) is 14.4 Å². The molecule has 3 N–H and O–H groups in total. The van der Waals surface area contributed by atoms with Gasteiger partial charge in [0.25, 0.3) is 0 Å². The molecule has 1 aliphatic heterocycles. The first-order valence-corrected chi connectivity index (χ1v) is 12.2. The molecule has 1 aromatic rings. The summed E-state index contributed by atoms with van der Waals surface area (Å²) < 4.78 is 0. The molecule has 31 heavy (non-hydrogen) atoms. The van der Waals surface area contributed by atoms with Crippen LogP contribution < -0.4 is 16.0 Å². The van der Waals surface area contributed by atoms with E-state index in [1.54, 1.807) is 30.6 Å². The van der Waals surface area contributed by atoms with Crippen LogP contribution in [0.4, 0.5) is 0 Å². The van der Waals surface area contributed by atoms with E-state index in [0.717, 1.165) is 19.3 Å². The minimum Gasteiger partial charge on any atom is -0.347 e. The van der Waals surface area contributed by atoms with Crippen molar-refractivity contribution in [2.75, 3.05) is 18.7 Å². The zero-order valence-electron chi connectivity index (χ0n) is 18.8. The Labute approximate surface area is 189 Å². The van der Waals surface area contributed by atoms with Crippen molar-refractivity contribution in [3.05, 3.63) is 35.4 Å². The lowest BCUT2D eigenvalue weighted by molar-refractivity contribution is -0.142. The standard InChI is InChI=1S/C23H34N4O3S/c1-14(2)20(26-21(28)15(3)24-4)23(30)27-13-31-12-19(27)22(29)25-18-11-7-9-16-8-5-6-10-17(16)18/h5-6,8,10,14-15,18-20,24H,7,9,11-13H2,1-4H3,(H,25,29)(H,26,28)/t15-,18+,19-,20-/m0/s1. The van der Waals surface area contributed by atoms with Crippen LogP contribution in [-0.4, -0.2) is 59.4 Å². The topological polar surface area (TPSA) is 90.5 Å². The number of fused-ring (bicyclic) bond motifs is 1. The van der Waals surface area contributed by atoms with Crippen LogP contribution >= 0.6 is 11.8 Å². The summed E-state index contributed by atoms with van der Waals surface area (Å²) >= 11 is 1.57. The number of carbonyl (C=O) groups excluding carboxylic acids is 3. The maximum absolute atomic E-state index is 13.3. The SMILES string of the molecule is CN[C@@H](C)C(=O)N[C@H](C(=O)N1CSC[C@H]1C(=O)N[C@@H]1CCCc2ccccc21)C(C)C. The average molecular weight is 447 g/mol. The second-order valence-electron chi connectivity index (χ2n) is 8.72. The van der Waals surface area contributed by atoms with Crippen molar-refractivity contribution < 1.29 is 14.4 Å². The van der Waals surface area contributed by atoms with Crippen molar-refractivity contribution in [2.45, 2.75) is 64.2 Å². The van der Waals surface area contributed by atoms with E-state index in [1.165, 1.54) is 11.1 Å². The van der Waals surface area contributed by atoms with Crippen molar-refractivity contribution in [1.82, 2.24) is 20.9 Å². The van der Waals surface area contributed by atoms with E-state index < -0.39 is 18.1 Å². The first-order valence-electron chi connectivity index (χ1n) is 11.1. The molecule has 2 aliphatic rings. The van der Waals surface area contributed by atoms with Gasteiger partial charge in [-0.05, 0) is 50.3 Å². The maximum Gasteiger partial charge on any atom is 0.246 e. The number of hydrogen-bond donors (Lipinski definition) is 3. The zero-order chi connectivity index (χ0) is 22.5. The van der Waals surface area contributed by atoms with E-state index in [4.69, 9.17) is 0 Å². The highest BCUT2D eigenvalue weighted by atomic mass is 32.2. The molecule has 1 aliphatic carbocycles. The highest BCUT2D eigenvalue weighted by Gasteiger charge is 2.40. The molecule has 0 unspecified atom stereocenters. The van der Waals surface area contributed by atoms with Crippen LogP contribution in [0.2, 0.25) is 0 Å². The third kappa shape index (κ3) is 5.41. The normalized spacial score (nSPS) is 22.5. The zero-order valence-corrected chi connectivity index (χ0v) is 19.6. The van der Waals surface area contributed by atoms with E-state index in [0.29, 0.717) is 11.6 Å². The van der Waals surface area contributed by atoms with E-state index in [1.807, 2.05) is 26.0 Å². The average Bonchev–Trinajstić information content (AvgIpc) is 3.26. The molecule has 7 nitrogen and oxygen atoms in total. The Bertz CT molecular complexity index is 816. The van der Waals surface area contributed by atoms with Gasteiger partial charge >= 0.3 is 0 Å². The summed E-state index contributed by atoms with van der Waals surface area (Å²) in [6.45, 7) is 5.56. The van der Waals surface area contributed by atoms with Gasteiger partial charge in [-0.15, -0.1) is 11.8 Å². The number of hydrogen-bond acceptors (Lipinski definition) is 5. The van der Waals surface area contributed by atoms with Gasteiger partial charge in [0.2, 0.25) is 17.7 Å². The van der Waals surface area contributed by atoms with Gasteiger partial charge in [-0.1, -0.05) is 38.1 Å². The number of aryl methyl sites for hydroxylation is 1. The summed E-state index contributed by atoms with van der Waals surface area (Å²) in [5, 5.41) is 8.95. The van der Waals surface area contributed by atoms with Crippen LogP contribution in [0.25, 0.3) is 0 Å². The molecular formula is C23H34N4O3S. The molecule has 0 bridgehead atoms. The van der Waals surface area contributed by atoms with Crippen LogP contribution in [0.5, 0.6) is 0 Å². The van der Waals surface area contributed by atoms with E-state index in [2.05, 4.69) is 28.1 Å². The predicted molar refractivity (Wildman–Crippen MR) is 124 cm³/mol. The van der Waals surface area contributed by atoms with Crippen molar-refractivity contribution in [2.24, 2.45) is 5.92 Å². The first-order chi connectivity index (χ1) is 14.8. The lowest BCUT2D eigenvalue weighted by Crippen LogP contribution is -2.57. The summed E-state index contributed by atoms with van der Waals surface area (Å²) in [4.78, 5) is 40.5. The number of rotatable bonds is 7. The fourth-order valence-electron chi connectivity index (χ4n) is 4.15. The number of amides is 3. The van der Waals surface area contributed by atoms with E-state index >= 15 is 0 Å². The first kappa shape index (κ1) is 23.6. The summed E-state index contributed by atoms with van der Waals surface area (Å²) in [5.74, 6) is 0.413. The molecule has 4 atom stereocenters. The summed E-state index contributed by atoms with van der Waals surface area (Å²) in [5.41, 5.74) is 2.47. The third-order valence-electron chi connectivity index (χ3n) is 6.21. The Hall–Kier alpha value is -2.06. The van der Waals surface area contributed by atoms with E-state index in [9.17, 15) is 14.4 Å². The van der Waals surface area contributed by atoms with Crippen LogP contribution in [-0.2, 0) is 20.8 Å². The molecule has 3 amide bonds. The molecule has 1 fully saturated rings. The number of likely N-dealkylation sites (N-methyl/N-ethyl adjacent to an activating group) is 1. The van der Waals surface area contributed by atoms with Crippen molar-refractivity contribution in [3.8, 4) is 0 Å². The third-order valence-corrected chi connectivity index (χ3v) is 7.22. The van der Waals surface area contributed by atoms with Crippen molar-refractivity contribution in [1.29, 1.82) is 0 Å². The second kappa shape index (κ2) is 10.5. The van der Waals surface area contributed by atoms with Crippen LogP contribution in [0, 0.1) is 5.92 Å². The number of carbonyl (C=O) groups is 3. The Morgan fingerprint density at radius 3 is 2.61 bits per heavy atom. The Kier molecular flexibility index (Phi) is 8.00. The molecule has 0 saturated carbocycles. The lowest BCUT2D eigenvalue weighted by Gasteiger charge is -2.32. The Morgan fingerprint density at radius 1 is 1.16 bits per heavy atom. The van der Waals surface area contributed by atoms with E-state index in [-0.39, 0.29) is 29.7 Å². The highest BCUT2D eigenvalue weighted by Crippen LogP contribution is 2.30. The molecule has 0 aromatic heterocycles. The quantitative estimate of drug-likeness (QED) is 0.595. The molecule has 1 aromatic carbocycles. The van der Waals surface area contributed by atoms with Gasteiger partial charge in [-0.25, -0.2) is 0 Å². The summed E-state index contributed by atoms with van der Waals surface area (Å²) in [6.07, 6.45) is 2.98. The fraction of sp³-hybridized carbons (Fsp3) is 0.609. The van der Waals surface area contributed by atoms with Gasteiger partial charge < -0.3 is 20.9 Å². The van der Waals surface area contributed by atoms with Gasteiger partial charge in [0.15, 0.2) is 0 Å². The van der Waals surface area contributed by atoms with Crippen molar-refractivity contribution >= 4 is 29.5 Å². The number of thioether (sulfide) groups is 1. The van der Waals surface area contributed by atoms with Crippen molar-refractivity contribution in [3.63, 3.8) is 0 Å². The molecule has 3 rings (SSSR count). The number of benzene rings is 1. The monoisotopic (exact) mass is 446 g/mol. The second-order valence-corrected chi connectivity index (χ2v) is 9.72. The fourth-order valence-corrected chi connectivity index (χ4v) is 5.31.